The molecule has 1 aliphatic carbocycles. The van der Waals surface area contributed by atoms with E-state index in [9.17, 15) is 4.79 Å². The van der Waals surface area contributed by atoms with Crippen LogP contribution in [0, 0.1) is 5.41 Å². The summed E-state index contributed by atoms with van der Waals surface area (Å²) < 4.78 is 11.1. The van der Waals surface area contributed by atoms with Gasteiger partial charge < -0.3 is 19.4 Å². The van der Waals surface area contributed by atoms with E-state index < -0.39 is 0 Å². The summed E-state index contributed by atoms with van der Waals surface area (Å²) in [5.74, 6) is 0.770. The smallest absolute Gasteiger partial charge is 0.316 e. The van der Waals surface area contributed by atoms with Crippen LogP contribution in [0.4, 0.5) is 6.01 Å². The lowest BCUT2D eigenvalue weighted by molar-refractivity contribution is -0.130. The number of carbonyl (C=O) groups excluding carboxylic acids is 1. The molecule has 8 heteroatoms. The number of carbonyl (C=O) groups is 1. The average molecular weight is 424 g/mol. The molecule has 1 N–H and O–H groups in total. The number of piperidine rings is 1. The number of benzene rings is 1. The van der Waals surface area contributed by atoms with Gasteiger partial charge in [-0.1, -0.05) is 23.3 Å². The lowest BCUT2D eigenvalue weighted by atomic mass is 9.94. The molecule has 31 heavy (non-hydrogen) atoms. The largest absolute Gasteiger partial charge is 0.480 e. The average Bonchev–Trinajstić information content (AvgIpc) is 3.40. The third-order valence-corrected chi connectivity index (χ3v) is 6.06. The molecule has 1 saturated heterocycles. The molecule has 3 heterocycles. The van der Waals surface area contributed by atoms with Gasteiger partial charge in [-0.15, -0.1) is 18.3 Å². The number of ether oxygens (including phenoxy) is 1. The van der Waals surface area contributed by atoms with Crippen LogP contribution >= 0.6 is 0 Å². The van der Waals surface area contributed by atoms with Crippen LogP contribution in [-0.4, -0.2) is 52.7 Å². The summed E-state index contributed by atoms with van der Waals surface area (Å²) >= 11 is 0. The predicted octanol–water partition coefficient (Wildman–Crippen LogP) is 4.16. The Bertz CT molecular complexity index is 1070. The summed E-state index contributed by atoms with van der Waals surface area (Å²) in [4.78, 5) is 18.9. The molecular formula is C23H29N5O3. The van der Waals surface area contributed by atoms with E-state index in [1.807, 2.05) is 35.2 Å². The minimum absolute atomic E-state index is 0. The standard InChI is InChI=1S/C21H23N5O3.C2H4.H2/c1-28-18-15(12-14-4-2-3-5-16(14)23-18)19-24-25-20(29-19)22-13-17(27)26-10-8-21(6-7-21)9-11-26;1-2;/h2-5,12H,6-11,13H2,1H3,(H,22,25);1-2H2;1H. The number of likely N-dealkylation sites (tertiary alicyclic amines) is 1. The number of hydrogen-bond acceptors (Lipinski definition) is 7. The zero-order valence-corrected chi connectivity index (χ0v) is 17.8. The summed E-state index contributed by atoms with van der Waals surface area (Å²) in [5, 5.41) is 12.0. The van der Waals surface area contributed by atoms with E-state index in [0.29, 0.717) is 22.7 Å². The third kappa shape index (κ3) is 4.38. The highest BCUT2D eigenvalue weighted by atomic mass is 16.5. The van der Waals surface area contributed by atoms with Crippen molar-refractivity contribution in [1.29, 1.82) is 0 Å². The topological polar surface area (TPSA) is 93.4 Å². The molecule has 2 fully saturated rings. The van der Waals surface area contributed by atoms with Crippen molar-refractivity contribution in [2.24, 2.45) is 5.41 Å². The van der Waals surface area contributed by atoms with Gasteiger partial charge in [0.1, 0.15) is 5.56 Å². The van der Waals surface area contributed by atoms with Crippen molar-refractivity contribution in [2.75, 3.05) is 32.1 Å². The number of nitrogens with one attached hydrogen (secondary N) is 1. The first-order valence-corrected chi connectivity index (χ1v) is 10.5. The van der Waals surface area contributed by atoms with E-state index in [1.54, 1.807) is 7.11 Å². The fourth-order valence-corrected chi connectivity index (χ4v) is 3.98. The molecule has 164 valence electrons. The number of rotatable bonds is 5. The summed E-state index contributed by atoms with van der Waals surface area (Å²) in [6.45, 7) is 7.83. The van der Waals surface area contributed by atoms with Crippen molar-refractivity contribution in [3.8, 4) is 17.3 Å². The number of hydrogen-bond donors (Lipinski definition) is 1. The number of pyridine rings is 1. The first-order chi connectivity index (χ1) is 15.2. The van der Waals surface area contributed by atoms with Crippen LogP contribution in [0.25, 0.3) is 22.4 Å². The summed E-state index contributed by atoms with van der Waals surface area (Å²) in [5.41, 5.74) is 1.99. The molecule has 0 unspecified atom stereocenters. The van der Waals surface area contributed by atoms with Crippen LogP contribution < -0.4 is 10.1 Å². The summed E-state index contributed by atoms with van der Waals surface area (Å²) in [7, 11) is 1.55. The van der Waals surface area contributed by atoms with Gasteiger partial charge in [-0.05, 0) is 43.2 Å². The van der Waals surface area contributed by atoms with E-state index in [1.165, 1.54) is 12.8 Å². The quantitative estimate of drug-likeness (QED) is 0.616. The molecule has 1 aliphatic heterocycles. The predicted molar refractivity (Wildman–Crippen MR) is 121 cm³/mol. The number of amides is 1. The van der Waals surface area contributed by atoms with Crippen molar-refractivity contribution in [1.82, 2.24) is 20.1 Å². The van der Waals surface area contributed by atoms with Crippen molar-refractivity contribution in [3.05, 3.63) is 43.5 Å². The monoisotopic (exact) mass is 423 g/mol. The summed E-state index contributed by atoms with van der Waals surface area (Å²) in [6, 6.07) is 9.86. The maximum Gasteiger partial charge on any atom is 0.316 e. The minimum Gasteiger partial charge on any atom is -0.480 e. The van der Waals surface area contributed by atoms with Crippen LogP contribution in [0.3, 0.4) is 0 Å². The second-order valence-electron chi connectivity index (χ2n) is 7.88. The number of fused-ring (bicyclic) bond motifs is 1. The molecule has 0 bridgehead atoms. The van der Waals surface area contributed by atoms with Gasteiger partial charge in [0.05, 0.1) is 19.2 Å². The van der Waals surface area contributed by atoms with Crippen molar-refractivity contribution in [2.45, 2.75) is 25.7 Å². The first kappa shape index (κ1) is 20.8. The second kappa shape index (κ2) is 8.75. The number of anilines is 1. The zero-order chi connectivity index (χ0) is 21.8. The molecule has 1 saturated carbocycles. The first-order valence-electron chi connectivity index (χ1n) is 10.5. The lowest BCUT2D eigenvalue weighted by Gasteiger charge is -2.32. The lowest BCUT2D eigenvalue weighted by Crippen LogP contribution is -2.41. The Morgan fingerprint density at radius 3 is 2.68 bits per heavy atom. The number of nitrogens with zero attached hydrogens (tertiary/aromatic N) is 4. The highest BCUT2D eigenvalue weighted by Gasteiger charge is 2.44. The zero-order valence-electron chi connectivity index (χ0n) is 17.8. The SMILES string of the molecule is C=C.COc1nc2ccccc2cc1-c1nnc(NCC(=O)N2CCC3(CC2)CC3)o1.[HH]. The Labute approximate surface area is 182 Å². The van der Waals surface area contributed by atoms with Crippen molar-refractivity contribution >= 4 is 22.8 Å². The molecule has 2 aliphatic rings. The van der Waals surface area contributed by atoms with Crippen molar-refractivity contribution < 1.29 is 15.4 Å². The maximum absolute atomic E-state index is 12.5. The van der Waals surface area contributed by atoms with Crippen molar-refractivity contribution in [3.63, 3.8) is 0 Å². The van der Waals surface area contributed by atoms with Gasteiger partial charge in [-0.2, -0.15) is 0 Å². The molecule has 8 nitrogen and oxygen atoms in total. The van der Waals surface area contributed by atoms with Crippen LogP contribution in [0.1, 0.15) is 27.1 Å². The Kier molecular flexibility index (Phi) is 5.88. The molecule has 5 rings (SSSR count). The van der Waals surface area contributed by atoms with Gasteiger partial charge in [0.2, 0.25) is 11.8 Å². The number of methoxy groups -OCH3 is 1. The molecule has 0 atom stereocenters. The maximum atomic E-state index is 12.5. The highest BCUT2D eigenvalue weighted by molar-refractivity contribution is 5.84. The number of para-hydroxylation sites is 1. The Morgan fingerprint density at radius 1 is 1.23 bits per heavy atom. The van der Waals surface area contributed by atoms with E-state index in [-0.39, 0.29) is 19.9 Å². The Hall–Kier alpha value is -3.42. The van der Waals surface area contributed by atoms with Gasteiger partial charge in [0.25, 0.3) is 5.89 Å². The summed E-state index contributed by atoms with van der Waals surface area (Å²) in [6.07, 6.45) is 4.90. The molecule has 1 aromatic carbocycles. The minimum atomic E-state index is 0. The molecule has 3 aromatic rings. The fraction of sp³-hybridized carbons (Fsp3) is 0.391. The molecule has 0 radical (unpaired) electrons. The van der Waals surface area contributed by atoms with E-state index in [2.05, 4.69) is 33.7 Å². The van der Waals surface area contributed by atoms with E-state index in [4.69, 9.17) is 9.15 Å². The Balaban J connectivity index is 0.000000938. The highest BCUT2D eigenvalue weighted by Crippen LogP contribution is 2.53. The normalized spacial score (nSPS) is 16.5. The molecular weight excluding hydrogens is 394 g/mol. The fourth-order valence-electron chi connectivity index (χ4n) is 3.98. The Morgan fingerprint density at radius 2 is 1.97 bits per heavy atom. The van der Waals surface area contributed by atoms with Crippen LogP contribution in [0.15, 0.2) is 47.9 Å². The third-order valence-electron chi connectivity index (χ3n) is 6.06. The van der Waals surface area contributed by atoms with Gasteiger partial charge in [0, 0.05) is 19.9 Å². The van der Waals surface area contributed by atoms with Gasteiger partial charge in [-0.25, -0.2) is 4.98 Å². The molecule has 2 aromatic heterocycles. The van der Waals surface area contributed by atoms with Gasteiger partial charge in [0.15, 0.2) is 0 Å². The van der Waals surface area contributed by atoms with Crippen LogP contribution in [-0.2, 0) is 4.79 Å². The number of aromatic nitrogens is 3. The van der Waals surface area contributed by atoms with Gasteiger partial charge >= 0.3 is 6.01 Å². The van der Waals surface area contributed by atoms with E-state index in [0.717, 1.165) is 36.8 Å². The molecule has 1 spiro atoms. The second-order valence-corrected chi connectivity index (χ2v) is 7.88. The van der Waals surface area contributed by atoms with Gasteiger partial charge in [-0.3, -0.25) is 4.79 Å². The van der Waals surface area contributed by atoms with Crippen LogP contribution in [0.2, 0.25) is 0 Å². The van der Waals surface area contributed by atoms with E-state index >= 15 is 0 Å². The van der Waals surface area contributed by atoms with Crippen LogP contribution in [0.5, 0.6) is 5.88 Å². The molecule has 1 amide bonds.